The molecular formula is C15H28N2O8. The van der Waals surface area contributed by atoms with E-state index in [2.05, 4.69) is 5.32 Å². The van der Waals surface area contributed by atoms with Crippen molar-refractivity contribution in [1.82, 2.24) is 10.2 Å². The van der Waals surface area contributed by atoms with Crippen LogP contribution in [0.3, 0.4) is 0 Å². The Bertz CT molecular complexity index is 447. The second-order valence-corrected chi connectivity index (χ2v) is 6.31. The number of carboxylic acid groups (broad SMARTS) is 1. The molecule has 10 heteroatoms. The smallest absolute Gasteiger partial charge is 0.405 e. The van der Waals surface area contributed by atoms with Crippen molar-refractivity contribution in [3.05, 3.63) is 12.2 Å². The van der Waals surface area contributed by atoms with E-state index in [1.54, 1.807) is 20.2 Å². The quantitative estimate of drug-likeness (QED) is 0.185. The van der Waals surface area contributed by atoms with Crippen LogP contribution in [-0.4, -0.2) is 105 Å². The first kappa shape index (κ1) is 21.8. The maximum atomic E-state index is 10.9. The first-order valence-electron chi connectivity index (χ1n) is 7.98. The maximum Gasteiger partial charge on any atom is 0.405 e. The van der Waals surface area contributed by atoms with Crippen molar-refractivity contribution < 1.29 is 40.2 Å². The number of hydrogen-bond acceptors (Lipinski definition) is 8. The van der Waals surface area contributed by atoms with Gasteiger partial charge in [0.15, 0.2) is 0 Å². The molecule has 0 aromatic rings. The lowest BCUT2D eigenvalue weighted by Gasteiger charge is -2.30. The van der Waals surface area contributed by atoms with Crippen LogP contribution in [0.2, 0.25) is 0 Å². The average Bonchev–Trinajstić information content (AvgIpc) is 2.64. The Kier molecular flexibility index (Phi) is 8.73. The second-order valence-electron chi connectivity index (χ2n) is 6.31. The summed E-state index contributed by atoms with van der Waals surface area (Å²) in [5, 5.41) is 60.3. The molecule has 0 fully saturated rings. The van der Waals surface area contributed by atoms with Crippen molar-refractivity contribution in [3.8, 4) is 0 Å². The van der Waals surface area contributed by atoms with Crippen LogP contribution in [0, 0.1) is 0 Å². The summed E-state index contributed by atoms with van der Waals surface area (Å²) in [6, 6.07) is -1.05. The highest BCUT2D eigenvalue weighted by atomic mass is 16.5. The zero-order valence-corrected chi connectivity index (χ0v) is 14.3. The van der Waals surface area contributed by atoms with Gasteiger partial charge in [-0.05, 0) is 20.5 Å². The first-order valence-corrected chi connectivity index (χ1v) is 7.98. The fraction of sp³-hybridized carbons (Fsp3) is 0.800. The van der Waals surface area contributed by atoms with Crippen LogP contribution < -0.4 is 5.32 Å². The number of hydrogen-bond donors (Lipinski definition) is 7. The van der Waals surface area contributed by atoms with E-state index in [0.29, 0.717) is 0 Å². The first-order chi connectivity index (χ1) is 11.6. The fourth-order valence-electron chi connectivity index (χ4n) is 2.42. The number of carbonyl (C=O) groups is 1. The van der Waals surface area contributed by atoms with E-state index in [-0.39, 0.29) is 19.4 Å². The molecule has 0 aromatic carbocycles. The van der Waals surface area contributed by atoms with Crippen LogP contribution in [0.15, 0.2) is 12.2 Å². The number of amides is 1. The van der Waals surface area contributed by atoms with Crippen molar-refractivity contribution in [2.75, 3.05) is 20.7 Å². The van der Waals surface area contributed by atoms with Crippen molar-refractivity contribution in [1.29, 1.82) is 0 Å². The minimum Gasteiger partial charge on any atom is -0.465 e. The van der Waals surface area contributed by atoms with E-state index in [1.807, 2.05) is 0 Å². The van der Waals surface area contributed by atoms with Crippen LogP contribution >= 0.6 is 0 Å². The molecule has 25 heavy (non-hydrogen) atoms. The summed E-state index contributed by atoms with van der Waals surface area (Å²) < 4.78 is 5.47. The van der Waals surface area contributed by atoms with E-state index in [4.69, 9.17) is 9.84 Å². The average molecular weight is 364 g/mol. The third kappa shape index (κ3) is 6.86. The van der Waals surface area contributed by atoms with Crippen molar-refractivity contribution >= 4 is 6.09 Å². The number of aliphatic hydroxyl groups excluding tert-OH is 5. The van der Waals surface area contributed by atoms with Crippen LogP contribution in [-0.2, 0) is 4.74 Å². The molecule has 0 bridgehead atoms. The Hall–Kier alpha value is -1.27. The third-order valence-corrected chi connectivity index (χ3v) is 4.09. The Morgan fingerprint density at radius 1 is 1.28 bits per heavy atom. The van der Waals surface area contributed by atoms with Gasteiger partial charge in [0, 0.05) is 6.42 Å². The molecule has 0 heterocycles. The monoisotopic (exact) mass is 364 g/mol. The molecule has 146 valence electrons. The van der Waals surface area contributed by atoms with Crippen molar-refractivity contribution in [3.63, 3.8) is 0 Å². The van der Waals surface area contributed by atoms with Crippen LogP contribution in [0.5, 0.6) is 0 Å². The van der Waals surface area contributed by atoms with Gasteiger partial charge >= 0.3 is 6.09 Å². The standard InChI is InChI=1S/C15H28N2O8/c1-17(2)12(20)6-10(19)8(16-15(23)24)7-25-11-5-3-4-9(18)13(21)14(11)22/h3-4,8-14,16,18-22H,5-7H2,1-2H3,(H,23,24). The number of aliphatic hydroxyl groups is 5. The molecule has 0 aliphatic heterocycles. The molecular weight excluding hydrogens is 336 g/mol. The van der Waals surface area contributed by atoms with E-state index < -0.39 is 48.9 Å². The van der Waals surface area contributed by atoms with Gasteiger partial charge in [-0.15, -0.1) is 0 Å². The van der Waals surface area contributed by atoms with Crippen LogP contribution in [0.25, 0.3) is 0 Å². The van der Waals surface area contributed by atoms with Gasteiger partial charge < -0.3 is 40.7 Å². The SMILES string of the molecule is CN(C)C(O)CC(O)C(COC1CC=CC(O)C(O)C1O)NC(=O)O. The molecule has 0 saturated heterocycles. The molecule has 1 aliphatic carbocycles. The Labute approximate surface area is 146 Å². The lowest BCUT2D eigenvalue weighted by Crippen LogP contribution is -2.50. The van der Waals surface area contributed by atoms with Gasteiger partial charge in [-0.3, -0.25) is 4.90 Å². The number of nitrogens with zero attached hydrogens (tertiary/aromatic N) is 1. The molecule has 7 N–H and O–H groups in total. The van der Waals surface area contributed by atoms with Gasteiger partial charge in [-0.2, -0.15) is 0 Å². The van der Waals surface area contributed by atoms with Gasteiger partial charge in [-0.25, -0.2) is 4.79 Å². The highest BCUT2D eigenvalue weighted by Crippen LogP contribution is 2.18. The summed E-state index contributed by atoms with van der Waals surface area (Å²) in [4.78, 5) is 12.4. The van der Waals surface area contributed by atoms with Crippen LogP contribution in [0.4, 0.5) is 4.79 Å². The number of nitrogens with one attached hydrogen (secondary N) is 1. The predicted octanol–water partition coefficient (Wildman–Crippen LogP) is -2.32. The molecule has 0 radical (unpaired) electrons. The fourth-order valence-corrected chi connectivity index (χ4v) is 2.42. The number of ether oxygens (including phenoxy) is 1. The van der Waals surface area contributed by atoms with Crippen molar-refractivity contribution in [2.24, 2.45) is 0 Å². The zero-order chi connectivity index (χ0) is 19.1. The third-order valence-electron chi connectivity index (χ3n) is 4.09. The van der Waals surface area contributed by atoms with E-state index >= 15 is 0 Å². The summed E-state index contributed by atoms with van der Waals surface area (Å²) in [6.07, 6.45) is -5.53. The minimum absolute atomic E-state index is 0.115. The van der Waals surface area contributed by atoms with Gasteiger partial charge in [0.05, 0.1) is 24.9 Å². The molecule has 7 unspecified atom stereocenters. The molecule has 0 aromatic heterocycles. The molecule has 1 amide bonds. The van der Waals surface area contributed by atoms with Gasteiger partial charge in [-0.1, -0.05) is 12.2 Å². The number of rotatable bonds is 8. The predicted molar refractivity (Wildman–Crippen MR) is 86.8 cm³/mol. The van der Waals surface area contributed by atoms with E-state index in [1.165, 1.54) is 11.0 Å². The largest absolute Gasteiger partial charge is 0.465 e. The molecule has 7 atom stereocenters. The van der Waals surface area contributed by atoms with E-state index in [9.17, 15) is 30.3 Å². The lowest BCUT2D eigenvalue weighted by molar-refractivity contribution is -0.117. The van der Waals surface area contributed by atoms with Crippen molar-refractivity contribution in [2.45, 2.75) is 55.6 Å². The van der Waals surface area contributed by atoms with Crippen LogP contribution in [0.1, 0.15) is 12.8 Å². The van der Waals surface area contributed by atoms with Gasteiger partial charge in [0.25, 0.3) is 0 Å². The highest BCUT2D eigenvalue weighted by Gasteiger charge is 2.34. The summed E-state index contributed by atoms with van der Waals surface area (Å²) in [6.45, 7) is -0.286. The summed E-state index contributed by atoms with van der Waals surface area (Å²) in [5.74, 6) is 0. The highest BCUT2D eigenvalue weighted by molar-refractivity contribution is 5.64. The second kappa shape index (κ2) is 10.0. The van der Waals surface area contributed by atoms with E-state index in [0.717, 1.165) is 0 Å². The van der Waals surface area contributed by atoms with Gasteiger partial charge in [0.1, 0.15) is 24.5 Å². The molecule has 10 nitrogen and oxygen atoms in total. The zero-order valence-electron chi connectivity index (χ0n) is 14.3. The Morgan fingerprint density at radius 3 is 2.48 bits per heavy atom. The Balaban J connectivity index is 2.68. The lowest BCUT2D eigenvalue weighted by atomic mass is 10.0. The molecule has 0 spiro atoms. The summed E-state index contributed by atoms with van der Waals surface area (Å²) >= 11 is 0. The maximum absolute atomic E-state index is 10.9. The summed E-state index contributed by atoms with van der Waals surface area (Å²) in [7, 11) is 3.21. The minimum atomic E-state index is -1.44. The molecule has 0 saturated carbocycles. The molecule has 1 rings (SSSR count). The van der Waals surface area contributed by atoms with Gasteiger partial charge in [0.2, 0.25) is 0 Å². The molecule has 1 aliphatic rings. The normalized spacial score (nSPS) is 30.6. The Morgan fingerprint density at radius 2 is 1.92 bits per heavy atom. The summed E-state index contributed by atoms with van der Waals surface area (Å²) in [5.41, 5.74) is 0. The topological polar surface area (TPSA) is 163 Å².